The van der Waals surface area contributed by atoms with Gasteiger partial charge in [-0.1, -0.05) is 0 Å². The maximum Gasteiger partial charge on any atom is 0.171 e. The minimum Gasteiger partial charge on any atom is -0.504 e. The van der Waals surface area contributed by atoms with E-state index in [9.17, 15) is 10.2 Å². The van der Waals surface area contributed by atoms with Crippen molar-refractivity contribution in [1.82, 2.24) is 0 Å². The number of hydrogen-bond acceptors (Lipinski definition) is 3. The van der Waals surface area contributed by atoms with E-state index in [0.29, 0.717) is 10.4 Å². The predicted molar refractivity (Wildman–Crippen MR) is 57.1 cm³/mol. The molecule has 0 heterocycles. The van der Waals surface area contributed by atoms with E-state index in [1.807, 2.05) is 0 Å². The third kappa shape index (κ3) is 1.72. The highest BCUT2D eigenvalue weighted by Crippen LogP contribution is 2.43. The van der Waals surface area contributed by atoms with E-state index >= 15 is 0 Å². The van der Waals surface area contributed by atoms with Gasteiger partial charge in [0.2, 0.25) is 0 Å². The van der Waals surface area contributed by atoms with Gasteiger partial charge in [-0.3, -0.25) is 0 Å². The van der Waals surface area contributed by atoms with Crippen molar-refractivity contribution in [3.63, 3.8) is 0 Å². The molecule has 14 heavy (non-hydrogen) atoms. The molecule has 0 bridgehead atoms. The molecule has 0 aromatic heterocycles. The maximum atomic E-state index is 9.40. The topological polar surface area (TPSA) is 66.5 Å². The van der Waals surface area contributed by atoms with Crippen molar-refractivity contribution in [2.24, 2.45) is 11.7 Å². The van der Waals surface area contributed by atoms with E-state index in [1.54, 1.807) is 6.07 Å². The zero-order chi connectivity index (χ0) is 10.3. The van der Waals surface area contributed by atoms with Crippen LogP contribution in [-0.4, -0.2) is 10.2 Å². The van der Waals surface area contributed by atoms with Gasteiger partial charge in [-0.2, -0.15) is 0 Å². The Hall–Kier alpha value is -0.740. The van der Waals surface area contributed by atoms with Crippen molar-refractivity contribution >= 4 is 15.9 Å². The monoisotopic (exact) mass is 257 g/mol. The van der Waals surface area contributed by atoms with Gasteiger partial charge in [-0.05, 0) is 52.4 Å². The number of nitrogens with two attached hydrogens (primary N) is 1. The molecule has 1 aromatic carbocycles. The van der Waals surface area contributed by atoms with Crippen molar-refractivity contribution < 1.29 is 10.2 Å². The van der Waals surface area contributed by atoms with E-state index in [-0.39, 0.29) is 17.5 Å². The largest absolute Gasteiger partial charge is 0.504 e. The van der Waals surface area contributed by atoms with E-state index in [1.165, 1.54) is 6.07 Å². The van der Waals surface area contributed by atoms with E-state index < -0.39 is 0 Å². The smallest absolute Gasteiger partial charge is 0.171 e. The molecule has 0 amide bonds. The molecular formula is C10H12BrNO2. The summed E-state index contributed by atoms with van der Waals surface area (Å²) in [7, 11) is 0. The number of hydrogen-bond donors (Lipinski definition) is 3. The molecule has 1 aliphatic carbocycles. The van der Waals surface area contributed by atoms with Crippen molar-refractivity contribution in [3.8, 4) is 11.5 Å². The van der Waals surface area contributed by atoms with Crippen LogP contribution in [0.15, 0.2) is 16.6 Å². The fourth-order valence-corrected chi connectivity index (χ4v) is 1.99. The van der Waals surface area contributed by atoms with Crippen LogP contribution in [0.4, 0.5) is 0 Å². The second-order valence-electron chi connectivity index (χ2n) is 3.73. The molecule has 0 saturated heterocycles. The van der Waals surface area contributed by atoms with Crippen LogP contribution >= 0.6 is 15.9 Å². The Morgan fingerprint density at radius 1 is 1.36 bits per heavy atom. The lowest BCUT2D eigenvalue weighted by molar-refractivity contribution is 0.400. The molecule has 1 aliphatic rings. The van der Waals surface area contributed by atoms with Gasteiger partial charge in [0.1, 0.15) is 0 Å². The molecule has 4 N–H and O–H groups in total. The van der Waals surface area contributed by atoms with Crippen LogP contribution in [-0.2, 0) is 0 Å². The first-order valence-electron chi connectivity index (χ1n) is 4.56. The van der Waals surface area contributed by atoms with Crippen LogP contribution in [0.2, 0.25) is 0 Å². The molecule has 1 atom stereocenters. The Bertz CT molecular complexity index is 340. The Balaban J connectivity index is 2.34. The van der Waals surface area contributed by atoms with Crippen LogP contribution < -0.4 is 5.73 Å². The first-order chi connectivity index (χ1) is 6.59. The Labute approximate surface area is 90.7 Å². The van der Waals surface area contributed by atoms with Crippen LogP contribution in [0.1, 0.15) is 24.4 Å². The molecule has 3 nitrogen and oxygen atoms in total. The van der Waals surface area contributed by atoms with Crippen molar-refractivity contribution in [2.45, 2.75) is 18.9 Å². The fourth-order valence-electron chi connectivity index (χ4n) is 1.52. The number of phenols is 2. The molecule has 76 valence electrons. The lowest BCUT2D eigenvalue weighted by Gasteiger charge is -2.12. The van der Waals surface area contributed by atoms with E-state index in [0.717, 1.165) is 18.4 Å². The summed E-state index contributed by atoms with van der Waals surface area (Å²) in [5, 5.41) is 18.7. The Morgan fingerprint density at radius 3 is 2.50 bits per heavy atom. The molecule has 1 saturated carbocycles. The van der Waals surface area contributed by atoms with Gasteiger partial charge in [0.25, 0.3) is 0 Å². The highest BCUT2D eigenvalue weighted by atomic mass is 79.9. The Kier molecular flexibility index (Phi) is 2.41. The minimum atomic E-state index is -0.128. The number of phenolic OH excluding ortho intramolecular Hbond substituents is 2. The highest BCUT2D eigenvalue weighted by molar-refractivity contribution is 9.10. The van der Waals surface area contributed by atoms with Crippen molar-refractivity contribution in [1.29, 1.82) is 0 Å². The summed E-state index contributed by atoms with van der Waals surface area (Å²) in [5.41, 5.74) is 6.84. The van der Waals surface area contributed by atoms with Crippen molar-refractivity contribution in [2.75, 3.05) is 0 Å². The van der Waals surface area contributed by atoms with Gasteiger partial charge in [0, 0.05) is 6.04 Å². The summed E-state index contributed by atoms with van der Waals surface area (Å²) in [6.07, 6.45) is 2.31. The molecule has 1 fully saturated rings. The molecule has 0 spiro atoms. The minimum absolute atomic E-state index is 0.0298. The molecule has 4 heteroatoms. The van der Waals surface area contributed by atoms with Crippen LogP contribution in [0.25, 0.3) is 0 Å². The third-order valence-corrected chi connectivity index (χ3v) is 3.18. The van der Waals surface area contributed by atoms with Crippen molar-refractivity contribution in [3.05, 3.63) is 22.2 Å². The number of benzene rings is 1. The van der Waals surface area contributed by atoms with Crippen LogP contribution in [0.5, 0.6) is 11.5 Å². The number of halogens is 1. The lowest BCUT2D eigenvalue weighted by atomic mass is 10.0. The second-order valence-corrected chi connectivity index (χ2v) is 4.59. The standard InChI is InChI=1S/C10H12BrNO2/c11-7-3-6(4-8(13)10(7)14)9(12)5-1-2-5/h3-5,9,13-14H,1-2,12H2. The summed E-state index contributed by atoms with van der Waals surface area (Å²) in [6.45, 7) is 0. The molecule has 2 rings (SSSR count). The van der Waals surface area contributed by atoms with Gasteiger partial charge < -0.3 is 15.9 Å². The van der Waals surface area contributed by atoms with E-state index in [4.69, 9.17) is 5.73 Å². The number of aromatic hydroxyl groups is 2. The zero-order valence-electron chi connectivity index (χ0n) is 7.57. The molecule has 0 radical (unpaired) electrons. The first-order valence-corrected chi connectivity index (χ1v) is 5.36. The Morgan fingerprint density at radius 2 is 2.00 bits per heavy atom. The SMILES string of the molecule is NC(c1cc(O)c(O)c(Br)c1)C1CC1. The highest BCUT2D eigenvalue weighted by Gasteiger charge is 2.30. The first kappa shape index (κ1) is 9.80. The van der Waals surface area contributed by atoms with Gasteiger partial charge in [0.15, 0.2) is 11.5 Å². The second kappa shape index (κ2) is 3.44. The zero-order valence-corrected chi connectivity index (χ0v) is 9.16. The summed E-state index contributed by atoms with van der Waals surface area (Å²) < 4.78 is 0.489. The van der Waals surface area contributed by atoms with Gasteiger partial charge in [-0.15, -0.1) is 0 Å². The average molecular weight is 258 g/mol. The summed E-state index contributed by atoms with van der Waals surface area (Å²) in [5.74, 6) is 0.285. The summed E-state index contributed by atoms with van der Waals surface area (Å²) in [4.78, 5) is 0. The van der Waals surface area contributed by atoms with Gasteiger partial charge in [0.05, 0.1) is 4.47 Å². The summed E-state index contributed by atoms with van der Waals surface area (Å²) >= 11 is 3.17. The van der Waals surface area contributed by atoms with Crippen LogP contribution in [0.3, 0.4) is 0 Å². The quantitative estimate of drug-likeness (QED) is 0.713. The van der Waals surface area contributed by atoms with Gasteiger partial charge >= 0.3 is 0 Å². The van der Waals surface area contributed by atoms with Gasteiger partial charge in [-0.25, -0.2) is 0 Å². The third-order valence-electron chi connectivity index (χ3n) is 2.58. The molecular weight excluding hydrogens is 246 g/mol. The lowest BCUT2D eigenvalue weighted by Crippen LogP contribution is -2.12. The van der Waals surface area contributed by atoms with Crippen LogP contribution in [0, 0.1) is 5.92 Å². The summed E-state index contributed by atoms with van der Waals surface area (Å²) in [6, 6.07) is 3.26. The normalized spacial score (nSPS) is 18.1. The average Bonchev–Trinajstić information content (AvgIpc) is 2.95. The maximum absolute atomic E-state index is 9.40. The molecule has 0 aliphatic heterocycles. The fraction of sp³-hybridized carbons (Fsp3) is 0.400. The van der Waals surface area contributed by atoms with E-state index in [2.05, 4.69) is 15.9 Å². The number of rotatable bonds is 2. The molecule has 1 unspecified atom stereocenters. The molecule has 1 aromatic rings. The predicted octanol–water partition coefficient (Wildman–Crippen LogP) is 2.27.